The summed E-state index contributed by atoms with van der Waals surface area (Å²) in [6, 6.07) is 9.75. The molecule has 0 spiro atoms. The quantitative estimate of drug-likeness (QED) is 0.244. The van der Waals surface area contributed by atoms with Crippen LogP contribution in [0.5, 0.6) is 17.2 Å². The molecule has 1 amide bonds. The number of hydrogen-bond donors (Lipinski definition) is 5. The number of aromatic nitrogens is 3. The maximum absolute atomic E-state index is 12.5. The SMILES string of the molecule is CCc1cc(-c2n[nH]c(=O)n2-c2ccc(OCCOCCNC(=O)C3CCNCC3)cc2)c(O)cc1O. The van der Waals surface area contributed by atoms with Gasteiger partial charge in [-0.15, -0.1) is 0 Å². The lowest BCUT2D eigenvalue weighted by molar-refractivity contribution is -0.126. The van der Waals surface area contributed by atoms with E-state index in [2.05, 4.69) is 20.8 Å². The van der Waals surface area contributed by atoms with Crippen molar-refractivity contribution >= 4 is 5.91 Å². The number of carbonyl (C=O) groups is 1. The minimum Gasteiger partial charge on any atom is -0.508 e. The van der Waals surface area contributed by atoms with E-state index in [1.165, 1.54) is 10.6 Å². The summed E-state index contributed by atoms with van der Waals surface area (Å²) in [5.41, 5.74) is 1.03. The van der Waals surface area contributed by atoms with E-state index in [-0.39, 0.29) is 29.1 Å². The molecular formula is C26H33N5O6. The van der Waals surface area contributed by atoms with Crippen LogP contribution in [0, 0.1) is 5.92 Å². The largest absolute Gasteiger partial charge is 0.508 e. The first-order valence-corrected chi connectivity index (χ1v) is 12.5. The van der Waals surface area contributed by atoms with E-state index in [4.69, 9.17) is 9.47 Å². The third-order valence-corrected chi connectivity index (χ3v) is 6.34. The number of carbonyl (C=O) groups excluding carboxylic acids is 1. The number of aromatic hydroxyl groups is 2. The molecule has 198 valence electrons. The Labute approximate surface area is 214 Å². The Morgan fingerprint density at radius 1 is 1.11 bits per heavy atom. The number of benzene rings is 2. The van der Waals surface area contributed by atoms with Crippen molar-refractivity contribution in [3.8, 4) is 34.3 Å². The van der Waals surface area contributed by atoms with Crippen LogP contribution >= 0.6 is 0 Å². The highest BCUT2D eigenvalue weighted by molar-refractivity contribution is 5.78. The Hall–Kier alpha value is -3.83. The molecule has 1 fully saturated rings. The smallest absolute Gasteiger partial charge is 0.348 e. The molecule has 1 aromatic heterocycles. The number of H-pyrrole nitrogens is 1. The van der Waals surface area contributed by atoms with Crippen LogP contribution in [0.2, 0.25) is 0 Å². The van der Waals surface area contributed by atoms with Gasteiger partial charge < -0.3 is 30.3 Å². The molecule has 11 heteroatoms. The number of nitrogens with one attached hydrogen (secondary N) is 3. The van der Waals surface area contributed by atoms with E-state index in [0.29, 0.717) is 55.4 Å². The molecule has 0 unspecified atom stereocenters. The molecule has 37 heavy (non-hydrogen) atoms. The summed E-state index contributed by atoms with van der Waals surface area (Å²) in [6.07, 6.45) is 2.29. The molecule has 4 rings (SSSR count). The molecule has 5 N–H and O–H groups in total. The van der Waals surface area contributed by atoms with Gasteiger partial charge in [0.05, 0.1) is 24.5 Å². The Balaban J connectivity index is 1.28. The van der Waals surface area contributed by atoms with E-state index in [0.717, 1.165) is 25.9 Å². The predicted molar refractivity (Wildman–Crippen MR) is 137 cm³/mol. The fraction of sp³-hybridized carbons (Fsp3) is 0.423. The van der Waals surface area contributed by atoms with Gasteiger partial charge in [-0.05, 0) is 68.2 Å². The highest BCUT2D eigenvalue weighted by Crippen LogP contribution is 2.34. The molecule has 0 bridgehead atoms. The third kappa shape index (κ3) is 6.49. The lowest BCUT2D eigenvalue weighted by Gasteiger charge is -2.21. The fourth-order valence-electron chi connectivity index (χ4n) is 4.29. The first-order chi connectivity index (χ1) is 18.0. The van der Waals surface area contributed by atoms with E-state index >= 15 is 0 Å². The number of hydrogen-bond acceptors (Lipinski definition) is 8. The Morgan fingerprint density at radius 3 is 2.59 bits per heavy atom. The van der Waals surface area contributed by atoms with Crippen molar-refractivity contribution in [1.82, 2.24) is 25.4 Å². The van der Waals surface area contributed by atoms with Gasteiger partial charge in [-0.2, -0.15) is 5.10 Å². The second-order valence-corrected chi connectivity index (χ2v) is 8.81. The fourth-order valence-corrected chi connectivity index (χ4v) is 4.29. The van der Waals surface area contributed by atoms with Crippen LogP contribution in [-0.4, -0.2) is 70.3 Å². The molecule has 2 heterocycles. The van der Waals surface area contributed by atoms with Gasteiger partial charge in [-0.3, -0.25) is 4.79 Å². The first-order valence-electron chi connectivity index (χ1n) is 12.5. The molecule has 3 aromatic rings. The summed E-state index contributed by atoms with van der Waals surface area (Å²) in [6.45, 7) is 5.23. The third-order valence-electron chi connectivity index (χ3n) is 6.34. The van der Waals surface area contributed by atoms with Crippen molar-refractivity contribution in [1.29, 1.82) is 0 Å². The summed E-state index contributed by atoms with van der Waals surface area (Å²) in [4.78, 5) is 24.6. The summed E-state index contributed by atoms with van der Waals surface area (Å²) in [5.74, 6) is 0.813. The molecule has 1 saturated heterocycles. The number of aromatic amines is 1. The van der Waals surface area contributed by atoms with Crippen molar-refractivity contribution in [2.24, 2.45) is 5.92 Å². The number of ether oxygens (including phenoxy) is 2. The van der Waals surface area contributed by atoms with Crippen LogP contribution in [-0.2, 0) is 16.0 Å². The number of phenols is 2. The van der Waals surface area contributed by atoms with Gasteiger partial charge in [-0.25, -0.2) is 14.5 Å². The Bertz CT molecular complexity index is 1250. The topological polar surface area (TPSA) is 151 Å². The zero-order valence-corrected chi connectivity index (χ0v) is 20.8. The normalized spacial score (nSPS) is 14.0. The van der Waals surface area contributed by atoms with Gasteiger partial charge in [0.15, 0.2) is 5.82 Å². The molecular weight excluding hydrogens is 478 g/mol. The van der Waals surface area contributed by atoms with Gasteiger partial charge in [0.25, 0.3) is 0 Å². The monoisotopic (exact) mass is 511 g/mol. The van der Waals surface area contributed by atoms with Gasteiger partial charge >= 0.3 is 5.69 Å². The van der Waals surface area contributed by atoms with E-state index in [9.17, 15) is 19.8 Å². The average Bonchev–Trinajstić information content (AvgIpc) is 3.29. The zero-order chi connectivity index (χ0) is 26.2. The molecule has 1 aliphatic heterocycles. The Morgan fingerprint density at radius 2 is 1.86 bits per heavy atom. The molecule has 0 saturated carbocycles. The number of amides is 1. The lowest BCUT2D eigenvalue weighted by atomic mass is 9.97. The van der Waals surface area contributed by atoms with Crippen molar-refractivity contribution in [3.63, 3.8) is 0 Å². The van der Waals surface area contributed by atoms with Crippen LogP contribution in [0.15, 0.2) is 41.2 Å². The van der Waals surface area contributed by atoms with Gasteiger partial charge in [-0.1, -0.05) is 6.92 Å². The highest BCUT2D eigenvalue weighted by Gasteiger charge is 2.20. The highest BCUT2D eigenvalue weighted by atomic mass is 16.5. The summed E-state index contributed by atoms with van der Waals surface area (Å²) < 4.78 is 12.6. The summed E-state index contributed by atoms with van der Waals surface area (Å²) in [7, 11) is 0. The predicted octanol–water partition coefficient (Wildman–Crippen LogP) is 1.71. The molecule has 0 aliphatic carbocycles. The number of rotatable bonds is 11. The lowest BCUT2D eigenvalue weighted by Crippen LogP contribution is -2.39. The maximum Gasteiger partial charge on any atom is 0.348 e. The molecule has 2 aromatic carbocycles. The number of aryl methyl sites for hydroxylation is 1. The number of nitrogens with zero attached hydrogens (tertiary/aromatic N) is 2. The summed E-state index contributed by atoms with van der Waals surface area (Å²) >= 11 is 0. The van der Waals surface area contributed by atoms with Crippen LogP contribution in [0.25, 0.3) is 17.1 Å². The second kappa shape index (κ2) is 12.4. The standard InChI is InChI=1S/C26H33N5O6/c1-2-17-15-21(23(33)16-22(17)32)24-29-30-26(35)31(24)19-3-5-20(6-4-19)37-14-13-36-12-11-28-25(34)18-7-9-27-10-8-18/h3-6,15-16,18,27,32-33H,2,7-14H2,1H3,(H,28,34)(H,30,35). The maximum atomic E-state index is 12.5. The van der Waals surface area contributed by atoms with Crippen molar-refractivity contribution in [3.05, 3.63) is 52.4 Å². The van der Waals surface area contributed by atoms with E-state index in [1.54, 1.807) is 30.3 Å². The van der Waals surface area contributed by atoms with Gasteiger partial charge in [0.2, 0.25) is 5.91 Å². The van der Waals surface area contributed by atoms with Gasteiger partial charge in [0.1, 0.15) is 23.9 Å². The summed E-state index contributed by atoms with van der Waals surface area (Å²) in [5, 5.41) is 33.0. The number of piperidine rings is 1. The Kier molecular flexibility index (Phi) is 8.81. The van der Waals surface area contributed by atoms with Crippen LogP contribution in [0.4, 0.5) is 0 Å². The first kappa shape index (κ1) is 26.2. The van der Waals surface area contributed by atoms with Crippen LogP contribution in [0.3, 0.4) is 0 Å². The number of phenolic OH excluding ortho intramolecular Hbond substituents is 2. The van der Waals surface area contributed by atoms with E-state index in [1.807, 2.05) is 6.92 Å². The molecule has 11 nitrogen and oxygen atoms in total. The van der Waals surface area contributed by atoms with Crippen LogP contribution < -0.4 is 21.1 Å². The zero-order valence-electron chi connectivity index (χ0n) is 20.8. The van der Waals surface area contributed by atoms with Crippen molar-refractivity contribution in [2.45, 2.75) is 26.2 Å². The van der Waals surface area contributed by atoms with Crippen LogP contribution in [0.1, 0.15) is 25.3 Å². The average molecular weight is 512 g/mol. The molecule has 1 aliphatic rings. The van der Waals surface area contributed by atoms with Crippen molar-refractivity contribution < 1.29 is 24.5 Å². The van der Waals surface area contributed by atoms with E-state index < -0.39 is 5.69 Å². The molecule has 0 radical (unpaired) electrons. The molecule has 0 atom stereocenters. The minimum absolute atomic E-state index is 0.0133. The van der Waals surface area contributed by atoms with Gasteiger partial charge in [0, 0.05) is 18.5 Å². The second-order valence-electron chi connectivity index (χ2n) is 8.81. The van der Waals surface area contributed by atoms with Crippen molar-refractivity contribution in [2.75, 3.05) is 39.5 Å². The minimum atomic E-state index is -0.463.